The van der Waals surface area contributed by atoms with Crippen molar-refractivity contribution >= 4 is 44.1 Å². The monoisotopic (exact) mass is 596 g/mol. The lowest BCUT2D eigenvalue weighted by Gasteiger charge is -2.26. The van der Waals surface area contributed by atoms with Crippen molar-refractivity contribution in [2.24, 2.45) is 0 Å². The number of amides is 2. The smallest absolute Gasteiger partial charge is 0.323 e. The van der Waals surface area contributed by atoms with E-state index in [9.17, 15) is 4.79 Å². The summed E-state index contributed by atoms with van der Waals surface area (Å²) in [6, 6.07) is 23.7. The Morgan fingerprint density at radius 1 is 0.925 bits per heavy atom. The summed E-state index contributed by atoms with van der Waals surface area (Å²) in [5, 5.41) is 15.9. The van der Waals surface area contributed by atoms with Crippen molar-refractivity contribution in [1.82, 2.24) is 20.1 Å². The van der Waals surface area contributed by atoms with Crippen LogP contribution in [0.4, 0.5) is 16.2 Å². The highest BCUT2D eigenvalue weighted by Crippen LogP contribution is 2.33. The SMILES string of the molecule is O=C(Nc1cccc(-c2[nH]ncc2CBr)c1)Nc1ccc(-c2ccc(CN3CCOCC3)nc2)c2ccccc12. The molecule has 202 valence electrons. The van der Waals surface area contributed by atoms with Crippen LogP contribution in [0.25, 0.3) is 33.2 Å². The molecule has 0 spiro atoms. The molecule has 1 fully saturated rings. The molecule has 5 aromatic rings. The van der Waals surface area contributed by atoms with Crippen LogP contribution in [0, 0.1) is 0 Å². The van der Waals surface area contributed by atoms with Crippen LogP contribution in [0.1, 0.15) is 11.3 Å². The van der Waals surface area contributed by atoms with Crippen LogP contribution in [0.5, 0.6) is 0 Å². The third-order valence-electron chi connectivity index (χ3n) is 7.07. The van der Waals surface area contributed by atoms with Gasteiger partial charge in [-0.05, 0) is 35.2 Å². The number of carbonyl (C=O) groups excluding carboxylic acids is 1. The van der Waals surface area contributed by atoms with E-state index >= 15 is 0 Å². The summed E-state index contributed by atoms with van der Waals surface area (Å²) in [7, 11) is 0. The van der Waals surface area contributed by atoms with E-state index in [0.717, 1.165) is 82.9 Å². The minimum absolute atomic E-state index is 0.311. The molecular formula is C31H29BrN6O2. The summed E-state index contributed by atoms with van der Waals surface area (Å²) in [5.74, 6) is 0. The number of aromatic amines is 1. The van der Waals surface area contributed by atoms with E-state index in [-0.39, 0.29) is 6.03 Å². The maximum atomic E-state index is 13.0. The number of aromatic nitrogens is 3. The van der Waals surface area contributed by atoms with E-state index in [1.54, 1.807) is 6.20 Å². The zero-order chi connectivity index (χ0) is 27.3. The first kappa shape index (κ1) is 26.2. The Morgan fingerprint density at radius 3 is 2.58 bits per heavy atom. The van der Waals surface area contributed by atoms with E-state index in [1.807, 2.05) is 60.8 Å². The van der Waals surface area contributed by atoms with E-state index in [2.05, 4.69) is 59.9 Å². The van der Waals surface area contributed by atoms with E-state index in [4.69, 9.17) is 9.72 Å². The maximum absolute atomic E-state index is 13.0. The number of ether oxygens (including phenoxy) is 1. The number of nitrogens with zero attached hydrogens (tertiary/aromatic N) is 3. The molecule has 1 aliphatic rings. The van der Waals surface area contributed by atoms with Crippen LogP contribution < -0.4 is 10.6 Å². The highest BCUT2D eigenvalue weighted by atomic mass is 79.9. The molecule has 0 atom stereocenters. The number of pyridine rings is 1. The summed E-state index contributed by atoms with van der Waals surface area (Å²) in [6.07, 6.45) is 3.73. The molecule has 0 aliphatic carbocycles. The Balaban J connectivity index is 1.19. The number of H-pyrrole nitrogens is 1. The molecule has 9 heteroatoms. The summed E-state index contributed by atoms with van der Waals surface area (Å²) in [6.45, 7) is 4.25. The van der Waals surface area contributed by atoms with E-state index in [1.165, 1.54) is 0 Å². The van der Waals surface area contributed by atoms with Crippen molar-refractivity contribution in [3.05, 3.63) is 96.4 Å². The number of rotatable bonds is 7. The van der Waals surface area contributed by atoms with Gasteiger partial charge in [-0.1, -0.05) is 64.5 Å². The molecule has 6 rings (SSSR count). The van der Waals surface area contributed by atoms with Crippen molar-refractivity contribution in [3.63, 3.8) is 0 Å². The van der Waals surface area contributed by atoms with Crippen molar-refractivity contribution in [2.75, 3.05) is 36.9 Å². The Hall–Kier alpha value is -4.05. The lowest BCUT2D eigenvalue weighted by molar-refractivity contribution is 0.0336. The number of nitrogens with one attached hydrogen (secondary N) is 3. The van der Waals surface area contributed by atoms with Gasteiger partial charge in [0, 0.05) is 58.9 Å². The van der Waals surface area contributed by atoms with Gasteiger partial charge in [0.25, 0.3) is 0 Å². The molecule has 1 aliphatic heterocycles. The van der Waals surface area contributed by atoms with Gasteiger partial charge in [0.1, 0.15) is 0 Å². The normalized spacial score (nSPS) is 13.8. The van der Waals surface area contributed by atoms with E-state index < -0.39 is 0 Å². The van der Waals surface area contributed by atoms with Crippen LogP contribution >= 0.6 is 15.9 Å². The van der Waals surface area contributed by atoms with Gasteiger partial charge >= 0.3 is 6.03 Å². The second-order valence-electron chi connectivity index (χ2n) is 9.70. The van der Waals surface area contributed by atoms with Crippen LogP contribution in [0.15, 0.2) is 85.2 Å². The summed E-state index contributed by atoms with van der Waals surface area (Å²) in [5.41, 5.74) is 7.50. The molecule has 2 aromatic heterocycles. The Kier molecular flexibility index (Phi) is 7.85. The van der Waals surface area contributed by atoms with Gasteiger partial charge in [-0.25, -0.2) is 4.79 Å². The fourth-order valence-corrected chi connectivity index (χ4v) is 5.45. The second kappa shape index (κ2) is 12.0. The first-order valence-corrected chi connectivity index (χ1v) is 14.3. The number of hydrogen-bond acceptors (Lipinski definition) is 5. The third kappa shape index (κ3) is 5.77. The number of urea groups is 1. The zero-order valence-corrected chi connectivity index (χ0v) is 23.4. The van der Waals surface area contributed by atoms with Gasteiger partial charge in [0.15, 0.2) is 0 Å². The average molecular weight is 598 g/mol. The number of anilines is 2. The highest BCUT2D eigenvalue weighted by molar-refractivity contribution is 9.08. The number of hydrogen-bond donors (Lipinski definition) is 3. The topological polar surface area (TPSA) is 95.2 Å². The summed E-state index contributed by atoms with van der Waals surface area (Å²) >= 11 is 3.49. The maximum Gasteiger partial charge on any atom is 0.323 e. The lowest BCUT2D eigenvalue weighted by atomic mass is 9.98. The van der Waals surface area contributed by atoms with Gasteiger partial charge in [0.2, 0.25) is 0 Å². The second-order valence-corrected chi connectivity index (χ2v) is 10.3. The molecule has 3 N–H and O–H groups in total. The van der Waals surface area contributed by atoms with Crippen LogP contribution in [0.3, 0.4) is 0 Å². The Bertz CT molecular complexity index is 1630. The van der Waals surface area contributed by atoms with Crippen LogP contribution in [-0.4, -0.2) is 52.4 Å². The predicted molar refractivity (Wildman–Crippen MR) is 163 cm³/mol. The van der Waals surface area contributed by atoms with Crippen molar-refractivity contribution < 1.29 is 9.53 Å². The van der Waals surface area contributed by atoms with Crippen molar-refractivity contribution in [3.8, 4) is 22.4 Å². The number of halogens is 1. The average Bonchev–Trinajstić information content (AvgIpc) is 3.48. The van der Waals surface area contributed by atoms with Crippen molar-refractivity contribution in [1.29, 1.82) is 0 Å². The minimum Gasteiger partial charge on any atom is -0.379 e. The van der Waals surface area contributed by atoms with E-state index in [0.29, 0.717) is 11.0 Å². The number of carbonyl (C=O) groups is 1. The van der Waals surface area contributed by atoms with Crippen molar-refractivity contribution in [2.45, 2.75) is 11.9 Å². The predicted octanol–water partition coefficient (Wildman–Crippen LogP) is 6.66. The Morgan fingerprint density at radius 2 is 1.77 bits per heavy atom. The standard InChI is InChI=1S/C31H29BrN6O2/c32-17-23-19-34-37-30(23)21-4-3-5-24(16-21)35-31(39)36-29-11-10-26(27-6-1-2-7-28(27)29)22-8-9-25(33-18-22)20-38-12-14-40-15-13-38/h1-11,16,18-19H,12-15,17,20H2,(H,34,37)(H2,35,36,39). The molecule has 8 nitrogen and oxygen atoms in total. The fourth-order valence-electron chi connectivity index (χ4n) is 5.02. The fraction of sp³-hybridized carbons (Fsp3) is 0.194. The molecule has 3 heterocycles. The molecular weight excluding hydrogens is 568 g/mol. The molecule has 0 bridgehead atoms. The first-order valence-electron chi connectivity index (χ1n) is 13.2. The molecule has 3 aromatic carbocycles. The number of benzene rings is 3. The number of alkyl halides is 1. The first-order chi connectivity index (χ1) is 19.7. The largest absolute Gasteiger partial charge is 0.379 e. The molecule has 40 heavy (non-hydrogen) atoms. The highest BCUT2D eigenvalue weighted by Gasteiger charge is 2.14. The van der Waals surface area contributed by atoms with Crippen LogP contribution in [0.2, 0.25) is 0 Å². The number of morpholine rings is 1. The molecule has 2 amide bonds. The molecule has 0 unspecified atom stereocenters. The summed E-state index contributed by atoms with van der Waals surface area (Å²) < 4.78 is 5.45. The van der Waals surface area contributed by atoms with Gasteiger partial charge in [-0.3, -0.25) is 15.0 Å². The van der Waals surface area contributed by atoms with Gasteiger partial charge in [-0.15, -0.1) is 0 Å². The third-order valence-corrected chi connectivity index (χ3v) is 7.67. The van der Waals surface area contributed by atoms with Crippen LogP contribution in [-0.2, 0) is 16.6 Å². The minimum atomic E-state index is -0.311. The summed E-state index contributed by atoms with van der Waals surface area (Å²) in [4.78, 5) is 20.1. The number of fused-ring (bicyclic) bond motifs is 1. The van der Waals surface area contributed by atoms with Gasteiger partial charge < -0.3 is 15.4 Å². The van der Waals surface area contributed by atoms with Gasteiger partial charge in [-0.2, -0.15) is 5.10 Å². The molecule has 0 saturated carbocycles. The quantitative estimate of drug-likeness (QED) is 0.182. The molecule has 0 radical (unpaired) electrons. The lowest BCUT2D eigenvalue weighted by Crippen LogP contribution is -2.35. The zero-order valence-electron chi connectivity index (χ0n) is 21.9. The van der Waals surface area contributed by atoms with Gasteiger partial charge in [0.05, 0.1) is 36.5 Å². The molecule has 1 saturated heterocycles. The Labute approximate surface area is 240 Å².